The zero-order valence-corrected chi connectivity index (χ0v) is 10.1. The van der Waals surface area contributed by atoms with E-state index in [1.165, 1.54) is 37.4 Å². The molecule has 3 nitrogen and oxygen atoms in total. The third kappa shape index (κ3) is 2.54. The fourth-order valence-electron chi connectivity index (χ4n) is 1.69. The van der Waals surface area contributed by atoms with Gasteiger partial charge in [-0.2, -0.15) is 0 Å². The summed E-state index contributed by atoms with van der Waals surface area (Å²) in [6.07, 6.45) is 0. The maximum absolute atomic E-state index is 13.6. The zero-order chi connectivity index (χ0) is 14.0. The van der Waals surface area contributed by atoms with Crippen molar-refractivity contribution in [2.75, 3.05) is 11.9 Å². The highest BCUT2D eigenvalue weighted by atomic mass is 19.1. The second kappa shape index (κ2) is 5.06. The first-order valence-electron chi connectivity index (χ1n) is 5.52. The first kappa shape index (κ1) is 13.0. The van der Waals surface area contributed by atoms with Crippen molar-refractivity contribution in [2.24, 2.45) is 0 Å². The maximum atomic E-state index is 13.6. The van der Waals surface area contributed by atoms with Gasteiger partial charge in [-0.05, 0) is 30.3 Å². The molecule has 0 heterocycles. The molecular weight excluding hydrogens is 252 g/mol. The predicted octanol–water partition coefficient (Wildman–Crippen LogP) is 2.95. The number of hydrogen-bond acceptors (Lipinski definition) is 2. The van der Waals surface area contributed by atoms with Crippen LogP contribution in [-0.4, -0.2) is 18.1 Å². The Hall–Kier alpha value is -2.43. The summed E-state index contributed by atoms with van der Waals surface area (Å²) >= 11 is 0. The smallest absolute Gasteiger partial charge is 0.264 e. The van der Waals surface area contributed by atoms with Crippen molar-refractivity contribution in [2.45, 2.75) is 0 Å². The van der Waals surface area contributed by atoms with E-state index in [0.29, 0.717) is 0 Å². The molecule has 0 saturated heterocycles. The van der Waals surface area contributed by atoms with E-state index in [2.05, 4.69) is 0 Å². The molecule has 0 fully saturated rings. The molecule has 0 spiro atoms. The van der Waals surface area contributed by atoms with E-state index >= 15 is 0 Å². The number of carbonyl (C=O) groups is 1. The number of anilines is 1. The summed E-state index contributed by atoms with van der Waals surface area (Å²) in [5.74, 6) is -2.53. The Morgan fingerprint density at radius 2 is 1.84 bits per heavy atom. The second-order valence-electron chi connectivity index (χ2n) is 3.98. The van der Waals surface area contributed by atoms with Crippen molar-refractivity contribution < 1.29 is 18.7 Å². The fourth-order valence-corrected chi connectivity index (χ4v) is 1.69. The molecule has 0 aliphatic heterocycles. The molecule has 2 rings (SSSR count). The van der Waals surface area contributed by atoms with E-state index < -0.39 is 28.9 Å². The molecule has 0 atom stereocenters. The highest BCUT2D eigenvalue weighted by molar-refractivity contribution is 6.07. The average molecular weight is 263 g/mol. The van der Waals surface area contributed by atoms with Crippen molar-refractivity contribution in [1.82, 2.24) is 0 Å². The predicted molar refractivity (Wildman–Crippen MR) is 67.2 cm³/mol. The lowest BCUT2D eigenvalue weighted by molar-refractivity contribution is 0.0986. The van der Waals surface area contributed by atoms with Crippen LogP contribution in [0.4, 0.5) is 14.5 Å². The van der Waals surface area contributed by atoms with Gasteiger partial charge in [-0.3, -0.25) is 4.79 Å². The first-order valence-corrected chi connectivity index (χ1v) is 5.52. The van der Waals surface area contributed by atoms with E-state index in [1.54, 1.807) is 0 Å². The molecule has 0 saturated carbocycles. The van der Waals surface area contributed by atoms with Crippen molar-refractivity contribution in [3.63, 3.8) is 0 Å². The number of nitrogens with zero attached hydrogens (tertiary/aromatic N) is 1. The topological polar surface area (TPSA) is 40.5 Å². The van der Waals surface area contributed by atoms with E-state index in [0.717, 1.165) is 17.0 Å². The Labute approximate surface area is 108 Å². The number of halogens is 2. The van der Waals surface area contributed by atoms with Crippen LogP contribution >= 0.6 is 0 Å². The minimum Gasteiger partial charge on any atom is -0.507 e. The lowest BCUT2D eigenvalue weighted by Gasteiger charge is -2.18. The van der Waals surface area contributed by atoms with Crippen LogP contribution in [0.25, 0.3) is 0 Å². The van der Waals surface area contributed by atoms with Gasteiger partial charge in [0, 0.05) is 12.7 Å². The van der Waals surface area contributed by atoms with Gasteiger partial charge in [0.05, 0.1) is 0 Å². The number of hydrogen-bond donors (Lipinski definition) is 1. The van der Waals surface area contributed by atoms with E-state index in [9.17, 15) is 18.7 Å². The monoisotopic (exact) mass is 263 g/mol. The van der Waals surface area contributed by atoms with Crippen LogP contribution < -0.4 is 4.90 Å². The van der Waals surface area contributed by atoms with Crippen LogP contribution in [0.5, 0.6) is 5.75 Å². The molecule has 0 aliphatic rings. The van der Waals surface area contributed by atoms with Gasteiger partial charge in [-0.15, -0.1) is 0 Å². The van der Waals surface area contributed by atoms with E-state index in [1.807, 2.05) is 0 Å². The third-order valence-corrected chi connectivity index (χ3v) is 2.71. The van der Waals surface area contributed by atoms with Crippen LogP contribution in [0.3, 0.4) is 0 Å². The van der Waals surface area contributed by atoms with Crippen molar-refractivity contribution in [1.29, 1.82) is 0 Å². The Morgan fingerprint density at radius 3 is 2.47 bits per heavy atom. The average Bonchev–Trinajstić information content (AvgIpc) is 2.37. The highest BCUT2D eigenvalue weighted by Gasteiger charge is 2.21. The van der Waals surface area contributed by atoms with Crippen LogP contribution in [0.15, 0.2) is 42.5 Å². The fraction of sp³-hybridized carbons (Fsp3) is 0.0714. The normalized spacial score (nSPS) is 10.3. The summed E-state index contributed by atoms with van der Waals surface area (Å²) in [7, 11) is 1.38. The van der Waals surface area contributed by atoms with Gasteiger partial charge in [-0.1, -0.05) is 12.1 Å². The molecule has 0 aliphatic carbocycles. The molecule has 1 amide bonds. The zero-order valence-electron chi connectivity index (χ0n) is 10.1. The Bertz CT molecular complexity index is 608. The SMILES string of the molecule is CN(C(=O)c1c(O)cccc1F)c1cccc(F)c1. The van der Waals surface area contributed by atoms with Crippen LogP contribution in [-0.2, 0) is 0 Å². The number of phenolic OH excluding ortho intramolecular Hbond substituents is 1. The molecule has 2 aromatic carbocycles. The van der Waals surface area contributed by atoms with Gasteiger partial charge in [-0.25, -0.2) is 8.78 Å². The lowest BCUT2D eigenvalue weighted by Crippen LogP contribution is -2.27. The molecular formula is C14H11F2NO2. The Morgan fingerprint density at radius 1 is 1.16 bits per heavy atom. The van der Waals surface area contributed by atoms with Gasteiger partial charge < -0.3 is 10.0 Å². The van der Waals surface area contributed by atoms with Crippen molar-refractivity contribution in [3.05, 3.63) is 59.7 Å². The Balaban J connectivity index is 2.39. The molecule has 0 bridgehead atoms. The molecule has 0 unspecified atom stereocenters. The van der Waals surface area contributed by atoms with Gasteiger partial charge in [0.2, 0.25) is 0 Å². The first-order chi connectivity index (χ1) is 9.00. The number of aromatic hydroxyl groups is 1. The molecule has 1 N–H and O–H groups in total. The van der Waals surface area contributed by atoms with Crippen LogP contribution in [0.1, 0.15) is 10.4 Å². The van der Waals surface area contributed by atoms with Crippen molar-refractivity contribution >= 4 is 11.6 Å². The maximum Gasteiger partial charge on any atom is 0.264 e. The summed E-state index contributed by atoms with van der Waals surface area (Å²) in [6, 6.07) is 8.93. The highest BCUT2D eigenvalue weighted by Crippen LogP contribution is 2.24. The van der Waals surface area contributed by atoms with E-state index in [-0.39, 0.29) is 5.69 Å². The van der Waals surface area contributed by atoms with Gasteiger partial charge >= 0.3 is 0 Å². The lowest BCUT2D eigenvalue weighted by atomic mass is 10.1. The quantitative estimate of drug-likeness (QED) is 0.905. The standard InChI is InChI=1S/C14H11F2NO2/c1-17(10-5-2-4-9(15)8-10)14(19)13-11(16)6-3-7-12(13)18/h2-8,18H,1H3. The summed E-state index contributed by atoms with van der Waals surface area (Å²) in [4.78, 5) is 13.2. The number of carbonyl (C=O) groups excluding carboxylic acids is 1. The minimum absolute atomic E-state index is 0.271. The summed E-state index contributed by atoms with van der Waals surface area (Å²) in [5, 5.41) is 9.55. The molecule has 2 aromatic rings. The van der Waals surface area contributed by atoms with Crippen LogP contribution in [0.2, 0.25) is 0 Å². The van der Waals surface area contributed by atoms with Crippen LogP contribution in [0, 0.1) is 11.6 Å². The Kier molecular flexibility index (Phi) is 3.46. The largest absolute Gasteiger partial charge is 0.507 e. The second-order valence-corrected chi connectivity index (χ2v) is 3.98. The molecule has 5 heteroatoms. The number of rotatable bonds is 2. The van der Waals surface area contributed by atoms with Crippen molar-refractivity contribution in [3.8, 4) is 5.75 Å². The summed E-state index contributed by atoms with van der Waals surface area (Å²) < 4.78 is 26.7. The third-order valence-electron chi connectivity index (χ3n) is 2.71. The summed E-state index contributed by atoms with van der Waals surface area (Å²) in [6.45, 7) is 0. The molecule has 0 radical (unpaired) electrons. The summed E-state index contributed by atoms with van der Waals surface area (Å²) in [5.41, 5.74) is -0.165. The van der Waals surface area contributed by atoms with Gasteiger partial charge in [0.15, 0.2) is 0 Å². The molecule has 0 aromatic heterocycles. The number of benzene rings is 2. The number of amides is 1. The molecule has 19 heavy (non-hydrogen) atoms. The molecule has 98 valence electrons. The minimum atomic E-state index is -0.826. The van der Waals surface area contributed by atoms with E-state index in [4.69, 9.17) is 0 Å². The van der Waals surface area contributed by atoms with Gasteiger partial charge in [0.1, 0.15) is 22.9 Å². The number of phenols is 1. The van der Waals surface area contributed by atoms with Gasteiger partial charge in [0.25, 0.3) is 5.91 Å².